The van der Waals surface area contributed by atoms with E-state index in [0.717, 1.165) is 0 Å². The molecule has 0 aromatic heterocycles. The van der Waals surface area contributed by atoms with Gasteiger partial charge in [-0.2, -0.15) is 0 Å². The van der Waals surface area contributed by atoms with Gasteiger partial charge in [-0.3, -0.25) is 4.79 Å². The number of amides is 3. The summed E-state index contributed by atoms with van der Waals surface area (Å²) < 4.78 is 5.33. The Morgan fingerprint density at radius 1 is 1.00 bits per heavy atom. The molecule has 6 heteroatoms. The molecular formula is C15H31N3O3. The molecule has 0 rings (SSSR count). The highest BCUT2D eigenvalue weighted by Crippen LogP contribution is 2.17. The van der Waals surface area contributed by atoms with Crippen molar-refractivity contribution < 1.29 is 14.3 Å². The van der Waals surface area contributed by atoms with Gasteiger partial charge in [-0.05, 0) is 11.3 Å². The summed E-state index contributed by atoms with van der Waals surface area (Å²) in [5.41, 5.74) is -0.00178. The first-order valence-electron chi connectivity index (χ1n) is 7.57. The van der Waals surface area contributed by atoms with Crippen molar-refractivity contribution in [2.45, 2.75) is 41.0 Å². The first kappa shape index (κ1) is 19.7. The van der Waals surface area contributed by atoms with Crippen molar-refractivity contribution in [3.05, 3.63) is 0 Å². The van der Waals surface area contributed by atoms with Gasteiger partial charge in [0.1, 0.15) is 0 Å². The SMILES string of the molecule is CC(C)CNC(=O)NCCOCCNC(=O)CC(C)(C)C. The van der Waals surface area contributed by atoms with Gasteiger partial charge in [0.25, 0.3) is 0 Å². The van der Waals surface area contributed by atoms with Crippen LogP contribution in [-0.4, -0.2) is 44.8 Å². The Kier molecular flexibility index (Phi) is 9.78. The van der Waals surface area contributed by atoms with E-state index in [9.17, 15) is 9.59 Å². The number of rotatable bonds is 9. The van der Waals surface area contributed by atoms with Crippen LogP contribution >= 0.6 is 0 Å². The normalized spacial score (nSPS) is 11.3. The van der Waals surface area contributed by atoms with Crippen molar-refractivity contribution >= 4 is 11.9 Å². The third kappa shape index (κ3) is 14.9. The average molecular weight is 301 g/mol. The highest BCUT2D eigenvalue weighted by atomic mass is 16.5. The van der Waals surface area contributed by atoms with Crippen LogP contribution in [0.25, 0.3) is 0 Å². The zero-order valence-electron chi connectivity index (χ0n) is 14.0. The second-order valence-corrected chi connectivity index (χ2v) is 6.73. The van der Waals surface area contributed by atoms with Gasteiger partial charge >= 0.3 is 6.03 Å². The largest absolute Gasteiger partial charge is 0.378 e. The maximum atomic E-state index is 11.5. The van der Waals surface area contributed by atoms with Crippen LogP contribution in [0.5, 0.6) is 0 Å². The summed E-state index contributed by atoms with van der Waals surface area (Å²) in [7, 11) is 0. The lowest BCUT2D eigenvalue weighted by Crippen LogP contribution is -2.39. The minimum absolute atomic E-state index is 0.00178. The zero-order valence-corrected chi connectivity index (χ0v) is 14.0. The van der Waals surface area contributed by atoms with Crippen LogP contribution in [0.4, 0.5) is 4.79 Å². The van der Waals surface area contributed by atoms with Crippen molar-refractivity contribution in [3.63, 3.8) is 0 Å². The Labute approximate surface area is 128 Å². The fourth-order valence-electron chi connectivity index (χ4n) is 1.50. The Bertz CT molecular complexity index is 312. The molecule has 0 aliphatic heterocycles. The number of carbonyl (C=O) groups is 2. The number of nitrogens with one attached hydrogen (secondary N) is 3. The lowest BCUT2D eigenvalue weighted by Gasteiger charge is -2.17. The van der Waals surface area contributed by atoms with Gasteiger partial charge in [0.05, 0.1) is 13.2 Å². The lowest BCUT2D eigenvalue weighted by molar-refractivity contribution is -0.123. The highest BCUT2D eigenvalue weighted by molar-refractivity contribution is 5.76. The Balaban J connectivity index is 3.40. The molecule has 0 aliphatic carbocycles. The van der Waals surface area contributed by atoms with Crippen molar-refractivity contribution in [2.75, 3.05) is 32.8 Å². The van der Waals surface area contributed by atoms with Crippen LogP contribution in [0.15, 0.2) is 0 Å². The molecule has 3 amide bonds. The van der Waals surface area contributed by atoms with Gasteiger partial charge < -0.3 is 20.7 Å². The molecule has 0 radical (unpaired) electrons. The number of ether oxygens (including phenoxy) is 1. The minimum atomic E-state index is -0.175. The molecule has 6 nitrogen and oxygen atoms in total. The van der Waals surface area contributed by atoms with Gasteiger partial charge in [-0.1, -0.05) is 34.6 Å². The number of hydrogen-bond acceptors (Lipinski definition) is 3. The molecule has 0 fully saturated rings. The van der Waals surface area contributed by atoms with Gasteiger partial charge in [0.2, 0.25) is 5.91 Å². The Morgan fingerprint density at radius 2 is 1.57 bits per heavy atom. The van der Waals surface area contributed by atoms with Crippen LogP contribution in [0.1, 0.15) is 41.0 Å². The number of urea groups is 1. The second kappa shape index (κ2) is 10.4. The highest BCUT2D eigenvalue weighted by Gasteiger charge is 2.15. The first-order valence-corrected chi connectivity index (χ1v) is 7.57. The summed E-state index contributed by atoms with van der Waals surface area (Å²) in [6.07, 6.45) is 0.505. The van der Waals surface area contributed by atoms with E-state index in [2.05, 4.69) is 16.0 Å². The summed E-state index contributed by atoms with van der Waals surface area (Å²) in [6, 6.07) is -0.175. The minimum Gasteiger partial charge on any atom is -0.378 e. The van der Waals surface area contributed by atoms with Crippen LogP contribution in [0.2, 0.25) is 0 Å². The maximum absolute atomic E-state index is 11.5. The fourth-order valence-corrected chi connectivity index (χ4v) is 1.50. The van der Waals surface area contributed by atoms with Gasteiger partial charge in [0.15, 0.2) is 0 Å². The summed E-state index contributed by atoms with van der Waals surface area (Å²) in [4.78, 5) is 22.9. The monoisotopic (exact) mass is 301 g/mol. The summed E-state index contributed by atoms with van der Waals surface area (Å²) in [6.45, 7) is 12.7. The van der Waals surface area contributed by atoms with Gasteiger partial charge in [0, 0.05) is 26.1 Å². The van der Waals surface area contributed by atoms with E-state index in [4.69, 9.17) is 4.74 Å². The quantitative estimate of drug-likeness (QED) is 0.565. The van der Waals surface area contributed by atoms with Crippen molar-refractivity contribution in [1.29, 1.82) is 0 Å². The van der Waals surface area contributed by atoms with Crippen molar-refractivity contribution in [1.82, 2.24) is 16.0 Å². The summed E-state index contributed by atoms with van der Waals surface area (Å²) in [5, 5.41) is 8.27. The lowest BCUT2D eigenvalue weighted by atomic mass is 9.92. The van der Waals surface area contributed by atoms with E-state index in [1.54, 1.807) is 0 Å². The standard InChI is InChI=1S/C15H31N3O3/c1-12(2)11-18-14(20)17-7-9-21-8-6-16-13(19)10-15(3,4)5/h12H,6-11H2,1-5H3,(H,16,19)(H2,17,18,20). The van der Waals surface area contributed by atoms with Gasteiger partial charge in [-0.15, -0.1) is 0 Å². The summed E-state index contributed by atoms with van der Waals surface area (Å²) in [5.74, 6) is 0.473. The number of hydrogen-bond donors (Lipinski definition) is 3. The molecule has 21 heavy (non-hydrogen) atoms. The molecule has 0 aromatic rings. The topological polar surface area (TPSA) is 79.5 Å². The fraction of sp³-hybridized carbons (Fsp3) is 0.867. The molecule has 0 bridgehead atoms. The summed E-state index contributed by atoms with van der Waals surface area (Å²) >= 11 is 0. The van der Waals surface area contributed by atoms with Crippen molar-refractivity contribution in [3.8, 4) is 0 Å². The molecule has 0 spiro atoms. The molecular weight excluding hydrogens is 270 g/mol. The average Bonchev–Trinajstić information content (AvgIpc) is 2.33. The molecule has 0 saturated heterocycles. The second-order valence-electron chi connectivity index (χ2n) is 6.73. The first-order chi connectivity index (χ1) is 9.70. The molecule has 124 valence electrons. The van der Waals surface area contributed by atoms with E-state index in [1.165, 1.54) is 0 Å². The molecule has 0 aliphatic rings. The van der Waals surface area contributed by atoms with E-state index in [-0.39, 0.29) is 17.4 Å². The Hall–Kier alpha value is -1.30. The van der Waals surface area contributed by atoms with Gasteiger partial charge in [-0.25, -0.2) is 4.79 Å². The molecule has 0 heterocycles. The van der Waals surface area contributed by atoms with Crippen LogP contribution < -0.4 is 16.0 Å². The maximum Gasteiger partial charge on any atom is 0.314 e. The van der Waals surface area contributed by atoms with Crippen molar-refractivity contribution in [2.24, 2.45) is 11.3 Å². The van der Waals surface area contributed by atoms with Crippen LogP contribution in [0.3, 0.4) is 0 Å². The smallest absolute Gasteiger partial charge is 0.314 e. The third-order valence-corrected chi connectivity index (χ3v) is 2.46. The Morgan fingerprint density at radius 3 is 2.10 bits per heavy atom. The van der Waals surface area contributed by atoms with Crippen LogP contribution in [0, 0.1) is 11.3 Å². The van der Waals surface area contributed by atoms with E-state index in [1.807, 2.05) is 34.6 Å². The van der Waals surface area contributed by atoms with E-state index < -0.39 is 0 Å². The third-order valence-electron chi connectivity index (χ3n) is 2.46. The van der Waals surface area contributed by atoms with E-state index >= 15 is 0 Å². The molecule has 0 atom stereocenters. The molecule has 0 unspecified atom stereocenters. The molecule has 0 aromatic carbocycles. The molecule has 3 N–H and O–H groups in total. The predicted octanol–water partition coefficient (Wildman–Crippen LogP) is 1.51. The van der Waals surface area contributed by atoms with Crippen LogP contribution in [-0.2, 0) is 9.53 Å². The molecule has 0 saturated carbocycles. The predicted molar refractivity (Wildman–Crippen MR) is 84.1 cm³/mol. The van der Waals surface area contributed by atoms with E-state index in [0.29, 0.717) is 45.2 Å². The zero-order chi connectivity index (χ0) is 16.3. The number of carbonyl (C=O) groups excluding carboxylic acids is 2.